The van der Waals surface area contributed by atoms with E-state index in [1.807, 2.05) is 13.0 Å². The van der Waals surface area contributed by atoms with Crippen molar-refractivity contribution < 1.29 is 9.53 Å². The molecule has 1 fully saturated rings. The Kier molecular flexibility index (Phi) is 3.92. The van der Waals surface area contributed by atoms with Crippen LogP contribution < -0.4 is 0 Å². The van der Waals surface area contributed by atoms with E-state index in [4.69, 9.17) is 4.74 Å². The van der Waals surface area contributed by atoms with E-state index < -0.39 is 0 Å². The van der Waals surface area contributed by atoms with E-state index in [1.54, 1.807) is 34.2 Å². The third-order valence-corrected chi connectivity index (χ3v) is 3.40. The number of aryl methyl sites for hydroxylation is 1. The lowest BCUT2D eigenvalue weighted by Gasteiger charge is -2.32. The van der Waals surface area contributed by atoms with Crippen LogP contribution in [0.2, 0.25) is 0 Å². The summed E-state index contributed by atoms with van der Waals surface area (Å²) in [6, 6.07) is 3.64. The van der Waals surface area contributed by atoms with Gasteiger partial charge in [-0.15, -0.1) is 0 Å². The van der Waals surface area contributed by atoms with Gasteiger partial charge in [-0.25, -0.2) is 9.97 Å². The average Bonchev–Trinajstić information content (AvgIpc) is 3.00. The molecule has 3 rings (SSSR count). The van der Waals surface area contributed by atoms with Crippen molar-refractivity contribution in [3.05, 3.63) is 42.2 Å². The van der Waals surface area contributed by atoms with Crippen LogP contribution in [0.3, 0.4) is 0 Å². The molecule has 1 amide bonds. The molecule has 110 valence electrons. The molecule has 2 aromatic rings. The molecular weight excluding hydrogens is 270 g/mol. The number of hydrogen-bond acceptors (Lipinski definition) is 5. The van der Waals surface area contributed by atoms with Crippen LogP contribution in [0.15, 0.2) is 30.7 Å². The summed E-state index contributed by atoms with van der Waals surface area (Å²) in [5.41, 5.74) is 0.819. The van der Waals surface area contributed by atoms with Crippen molar-refractivity contribution in [1.29, 1.82) is 0 Å². The first kappa shape index (κ1) is 13.7. The molecule has 0 aliphatic carbocycles. The summed E-state index contributed by atoms with van der Waals surface area (Å²) in [5, 5.41) is 4.06. The molecule has 21 heavy (non-hydrogen) atoms. The summed E-state index contributed by atoms with van der Waals surface area (Å²) in [7, 11) is 0. The molecule has 1 saturated heterocycles. The van der Waals surface area contributed by atoms with Gasteiger partial charge in [0.05, 0.1) is 18.8 Å². The molecule has 0 radical (unpaired) electrons. The summed E-state index contributed by atoms with van der Waals surface area (Å²) in [6.07, 6.45) is 4.97. The maximum atomic E-state index is 12.3. The molecule has 2 aromatic heterocycles. The number of morpholine rings is 1. The molecule has 0 saturated carbocycles. The van der Waals surface area contributed by atoms with E-state index in [0.29, 0.717) is 25.5 Å². The smallest absolute Gasteiger partial charge is 0.244 e. The van der Waals surface area contributed by atoms with Crippen LogP contribution in [0.5, 0.6) is 0 Å². The zero-order chi connectivity index (χ0) is 14.7. The second kappa shape index (κ2) is 6.01. The van der Waals surface area contributed by atoms with Gasteiger partial charge in [-0.3, -0.25) is 9.48 Å². The minimum Gasteiger partial charge on any atom is -0.368 e. The van der Waals surface area contributed by atoms with E-state index in [0.717, 1.165) is 5.69 Å². The monoisotopic (exact) mass is 287 g/mol. The molecule has 1 aliphatic heterocycles. The minimum absolute atomic E-state index is 0.0396. The molecule has 0 spiro atoms. The van der Waals surface area contributed by atoms with Gasteiger partial charge in [-0.05, 0) is 19.1 Å². The first-order chi connectivity index (χ1) is 10.2. The summed E-state index contributed by atoms with van der Waals surface area (Å²) in [5.74, 6) is 0.744. The third-order valence-electron chi connectivity index (χ3n) is 3.40. The fraction of sp³-hybridized carbons (Fsp3) is 0.429. The van der Waals surface area contributed by atoms with E-state index in [9.17, 15) is 4.79 Å². The molecule has 1 unspecified atom stereocenters. The van der Waals surface area contributed by atoms with Crippen molar-refractivity contribution in [2.24, 2.45) is 0 Å². The number of carbonyl (C=O) groups excluding carboxylic acids is 1. The molecule has 1 aliphatic rings. The van der Waals surface area contributed by atoms with Crippen molar-refractivity contribution >= 4 is 5.91 Å². The van der Waals surface area contributed by atoms with Gasteiger partial charge in [0.15, 0.2) is 0 Å². The lowest BCUT2D eigenvalue weighted by molar-refractivity contribution is -0.140. The number of nitrogens with zero attached hydrogens (tertiary/aromatic N) is 5. The molecule has 0 aromatic carbocycles. The van der Waals surface area contributed by atoms with Crippen LogP contribution in [0.25, 0.3) is 0 Å². The second-order valence-corrected chi connectivity index (χ2v) is 4.93. The normalized spacial score (nSPS) is 18.7. The molecule has 0 bridgehead atoms. The highest BCUT2D eigenvalue weighted by Gasteiger charge is 2.26. The second-order valence-electron chi connectivity index (χ2n) is 4.93. The van der Waals surface area contributed by atoms with Gasteiger partial charge in [-0.1, -0.05) is 0 Å². The van der Waals surface area contributed by atoms with Crippen LogP contribution in [0.1, 0.15) is 17.6 Å². The Hall–Kier alpha value is -2.28. The van der Waals surface area contributed by atoms with Gasteiger partial charge in [-0.2, -0.15) is 5.10 Å². The Bertz CT molecular complexity index is 614. The van der Waals surface area contributed by atoms with Gasteiger partial charge in [0.2, 0.25) is 5.91 Å². The van der Waals surface area contributed by atoms with Gasteiger partial charge in [0.1, 0.15) is 18.5 Å². The molecule has 0 N–H and O–H groups in total. The Morgan fingerprint density at radius 3 is 3.14 bits per heavy atom. The van der Waals surface area contributed by atoms with Crippen molar-refractivity contribution in [2.45, 2.75) is 19.6 Å². The van der Waals surface area contributed by atoms with Crippen molar-refractivity contribution in [1.82, 2.24) is 24.6 Å². The van der Waals surface area contributed by atoms with E-state index >= 15 is 0 Å². The van der Waals surface area contributed by atoms with Crippen molar-refractivity contribution in [3.8, 4) is 0 Å². The van der Waals surface area contributed by atoms with Crippen LogP contribution in [0, 0.1) is 6.92 Å². The lowest BCUT2D eigenvalue weighted by atomic mass is 10.2. The molecule has 7 heteroatoms. The first-order valence-corrected chi connectivity index (χ1v) is 6.89. The largest absolute Gasteiger partial charge is 0.368 e. The van der Waals surface area contributed by atoms with Gasteiger partial charge in [0.25, 0.3) is 0 Å². The Morgan fingerprint density at radius 1 is 1.48 bits per heavy atom. The first-order valence-electron chi connectivity index (χ1n) is 6.89. The SMILES string of the molecule is Cc1nccc(C2CN(C(=O)Cn3cccn3)CCO2)n1. The predicted octanol–water partition coefficient (Wildman–Crippen LogP) is 0.582. The Labute approximate surface area is 122 Å². The van der Waals surface area contributed by atoms with Crippen molar-refractivity contribution in [3.63, 3.8) is 0 Å². The number of amides is 1. The van der Waals surface area contributed by atoms with Crippen LogP contribution in [0.4, 0.5) is 0 Å². The molecule has 7 nitrogen and oxygen atoms in total. The number of ether oxygens (including phenoxy) is 1. The topological polar surface area (TPSA) is 73.1 Å². The van der Waals surface area contributed by atoms with Gasteiger partial charge < -0.3 is 9.64 Å². The fourth-order valence-corrected chi connectivity index (χ4v) is 2.34. The highest BCUT2D eigenvalue weighted by molar-refractivity contribution is 5.76. The highest BCUT2D eigenvalue weighted by Crippen LogP contribution is 2.20. The number of hydrogen-bond donors (Lipinski definition) is 0. The van der Waals surface area contributed by atoms with Crippen LogP contribution in [-0.2, 0) is 16.1 Å². The zero-order valence-electron chi connectivity index (χ0n) is 11.8. The van der Waals surface area contributed by atoms with Crippen LogP contribution in [-0.4, -0.2) is 50.3 Å². The maximum Gasteiger partial charge on any atom is 0.244 e. The predicted molar refractivity (Wildman–Crippen MR) is 74.3 cm³/mol. The quantitative estimate of drug-likeness (QED) is 0.825. The Balaban J connectivity index is 1.66. The molecule has 3 heterocycles. The third kappa shape index (κ3) is 3.25. The highest BCUT2D eigenvalue weighted by atomic mass is 16.5. The Morgan fingerprint density at radius 2 is 2.38 bits per heavy atom. The number of aromatic nitrogens is 4. The molecule has 1 atom stereocenters. The van der Waals surface area contributed by atoms with E-state index in [-0.39, 0.29) is 18.6 Å². The van der Waals surface area contributed by atoms with Crippen molar-refractivity contribution in [2.75, 3.05) is 19.7 Å². The summed E-state index contributed by atoms with van der Waals surface area (Å²) in [4.78, 5) is 22.5. The standard InChI is InChI=1S/C14H17N5O2/c1-11-15-5-3-12(17-11)13-9-18(7-8-21-13)14(20)10-19-6-2-4-16-19/h2-6,13H,7-10H2,1H3. The van der Waals surface area contributed by atoms with Crippen LogP contribution >= 0.6 is 0 Å². The lowest BCUT2D eigenvalue weighted by Crippen LogP contribution is -2.43. The summed E-state index contributed by atoms with van der Waals surface area (Å²) >= 11 is 0. The molecular formula is C14H17N5O2. The summed E-state index contributed by atoms with van der Waals surface area (Å²) in [6.45, 7) is 3.71. The summed E-state index contributed by atoms with van der Waals surface area (Å²) < 4.78 is 7.35. The maximum absolute atomic E-state index is 12.3. The number of carbonyl (C=O) groups is 1. The number of rotatable bonds is 3. The fourth-order valence-electron chi connectivity index (χ4n) is 2.34. The van der Waals surface area contributed by atoms with E-state index in [1.165, 1.54) is 0 Å². The minimum atomic E-state index is -0.193. The van der Waals surface area contributed by atoms with Gasteiger partial charge in [0, 0.05) is 25.1 Å². The van der Waals surface area contributed by atoms with E-state index in [2.05, 4.69) is 15.1 Å². The average molecular weight is 287 g/mol. The van der Waals surface area contributed by atoms with Gasteiger partial charge >= 0.3 is 0 Å². The zero-order valence-corrected chi connectivity index (χ0v) is 11.8.